The number of nitrogens with zero attached hydrogens (tertiary/aromatic N) is 1. The molecule has 0 saturated heterocycles. The Kier molecular flexibility index (Phi) is 4.60. The first-order chi connectivity index (χ1) is 7.92. The fourth-order valence-electron chi connectivity index (χ4n) is 1.21. The van der Waals surface area contributed by atoms with Crippen molar-refractivity contribution in [3.8, 4) is 0 Å². The monoisotopic (exact) mass is 279 g/mol. The molecule has 1 atom stereocenters. The minimum Gasteiger partial charge on any atom is -0.755 e. The molecule has 0 aromatic heterocycles. The highest BCUT2D eigenvalue weighted by molar-refractivity contribution is 7.86. The van der Waals surface area contributed by atoms with Crippen molar-refractivity contribution in [1.82, 2.24) is 0 Å². The van der Waals surface area contributed by atoms with Gasteiger partial charge in [0.15, 0.2) is 0 Å². The van der Waals surface area contributed by atoms with Gasteiger partial charge in [-0.2, -0.15) is 18.6 Å². The summed E-state index contributed by atoms with van der Waals surface area (Å²) < 4.78 is 49.0. The SMILES string of the molecule is CCN(c1ccc(S(=O)(=O)ON)cc1)S(=O)[O-]. The van der Waals surface area contributed by atoms with Gasteiger partial charge in [-0.15, -0.1) is 0 Å². The molecule has 0 aliphatic carbocycles. The molecule has 17 heavy (non-hydrogen) atoms. The first-order valence-electron chi connectivity index (χ1n) is 4.52. The van der Waals surface area contributed by atoms with Gasteiger partial charge in [-0.3, -0.25) is 4.21 Å². The minimum absolute atomic E-state index is 0.142. The molecule has 96 valence electrons. The van der Waals surface area contributed by atoms with E-state index in [4.69, 9.17) is 0 Å². The van der Waals surface area contributed by atoms with Crippen LogP contribution in [0.4, 0.5) is 5.69 Å². The third kappa shape index (κ3) is 3.23. The summed E-state index contributed by atoms with van der Waals surface area (Å²) in [6.07, 6.45) is 0. The van der Waals surface area contributed by atoms with Gasteiger partial charge in [0, 0.05) is 23.5 Å². The lowest BCUT2D eigenvalue weighted by Crippen LogP contribution is -2.24. The van der Waals surface area contributed by atoms with Crippen molar-refractivity contribution in [1.29, 1.82) is 0 Å². The molecule has 1 rings (SSSR count). The molecule has 0 spiro atoms. The van der Waals surface area contributed by atoms with Gasteiger partial charge in [0.25, 0.3) is 0 Å². The molecule has 0 radical (unpaired) electrons. The Balaban J connectivity index is 3.07. The van der Waals surface area contributed by atoms with E-state index in [-0.39, 0.29) is 11.4 Å². The number of hydrogen-bond acceptors (Lipinski definition) is 6. The van der Waals surface area contributed by atoms with E-state index >= 15 is 0 Å². The highest BCUT2D eigenvalue weighted by atomic mass is 32.2. The van der Waals surface area contributed by atoms with Crippen LogP contribution in [-0.4, -0.2) is 23.7 Å². The Hall–Kier alpha value is -1.00. The maximum atomic E-state index is 11.2. The zero-order chi connectivity index (χ0) is 13.1. The number of rotatable bonds is 5. The lowest BCUT2D eigenvalue weighted by molar-refractivity contribution is 0.333. The van der Waals surface area contributed by atoms with Gasteiger partial charge in [0.05, 0.1) is 4.90 Å². The third-order valence-corrected chi connectivity index (χ3v) is 3.94. The maximum absolute atomic E-state index is 11.2. The fraction of sp³-hybridized carbons (Fsp3) is 0.250. The van der Waals surface area contributed by atoms with E-state index in [0.717, 1.165) is 4.31 Å². The Labute approximate surface area is 102 Å². The predicted octanol–water partition coefficient (Wildman–Crippen LogP) is -0.114. The first kappa shape index (κ1) is 14.1. The van der Waals surface area contributed by atoms with Gasteiger partial charge < -0.3 is 8.86 Å². The number of benzene rings is 1. The Bertz CT molecular complexity index is 499. The summed E-state index contributed by atoms with van der Waals surface area (Å²) in [6.45, 7) is 1.90. The van der Waals surface area contributed by atoms with Crippen LogP contribution in [0.2, 0.25) is 0 Å². The van der Waals surface area contributed by atoms with Crippen LogP contribution < -0.4 is 10.2 Å². The normalized spacial score (nSPS) is 13.4. The molecule has 0 saturated carbocycles. The smallest absolute Gasteiger partial charge is 0.312 e. The quantitative estimate of drug-likeness (QED) is 0.594. The Morgan fingerprint density at radius 3 is 2.29 bits per heavy atom. The molecule has 0 heterocycles. The van der Waals surface area contributed by atoms with Crippen LogP contribution >= 0.6 is 0 Å². The van der Waals surface area contributed by atoms with Crippen LogP contribution in [0.15, 0.2) is 29.2 Å². The molecule has 1 aromatic rings. The molecule has 7 nitrogen and oxygen atoms in total. The van der Waals surface area contributed by atoms with Crippen molar-refractivity contribution in [2.75, 3.05) is 10.8 Å². The van der Waals surface area contributed by atoms with Crippen molar-refractivity contribution in [2.45, 2.75) is 11.8 Å². The molecule has 1 unspecified atom stereocenters. The summed E-state index contributed by atoms with van der Waals surface area (Å²) in [7, 11) is -3.96. The first-order valence-corrected chi connectivity index (χ1v) is 6.96. The topological polar surface area (TPSA) is 113 Å². The summed E-state index contributed by atoms with van der Waals surface area (Å²) >= 11 is -2.41. The van der Waals surface area contributed by atoms with Crippen molar-refractivity contribution in [2.24, 2.45) is 5.90 Å². The minimum atomic E-state index is -3.96. The van der Waals surface area contributed by atoms with Gasteiger partial charge in [0.2, 0.25) is 0 Å². The maximum Gasteiger partial charge on any atom is 0.312 e. The molecule has 0 amide bonds. The summed E-state index contributed by atoms with van der Waals surface area (Å²) in [6, 6.07) is 5.14. The molecule has 1 aromatic carbocycles. The van der Waals surface area contributed by atoms with E-state index in [1.165, 1.54) is 24.3 Å². The summed E-state index contributed by atoms with van der Waals surface area (Å²) in [5.74, 6) is 4.61. The van der Waals surface area contributed by atoms with Gasteiger partial charge in [-0.05, 0) is 31.2 Å². The average Bonchev–Trinajstić information content (AvgIpc) is 2.30. The van der Waals surface area contributed by atoms with Crippen LogP contribution in [0.3, 0.4) is 0 Å². The molecule has 0 bridgehead atoms. The second-order valence-electron chi connectivity index (χ2n) is 2.96. The number of anilines is 1. The van der Waals surface area contributed by atoms with Crippen LogP contribution in [0.5, 0.6) is 0 Å². The van der Waals surface area contributed by atoms with E-state index < -0.39 is 21.4 Å². The van der Waals surface area contributed by atoms with Gasteiger partial charge in [0.1, 0.15) is 0 Å². The zero-order valence-corrected chi connectivity index (χ0v) is 10.5. The van der Waals surface area contributed by atoms with Gasteiger partial charge in [-0.25, -0.2) is 0 Å². The highest BCUT2D eigenvalue weighted by Gasteiger charge is 2.14. The second-order valence-corrected chi connectivity index (χ2v) is 5.40. The molecule has 0 aliphatic rings. The lowest BCUT2D eigenvalue weighted by Gasteiger charge is -2.24. The third-order valence-electron chi connectivity index (χ3n) is 2.01. The van der Waals surface area contributed by atoms with Crippen molar-refractivity contribution >= 4 is 27.1 Å². The predicted molar refractivity (Wildman–Crippen MR) is 60.8 cm³/mol. The summed E-state index contributed by atoms with van der Waals surface area (Å²) in [4.78, 5) is -0.142. The van der Waals surface area contributed by atoms with Crippen LogP contribution in [0.25, 0.3) is 0 Å². The van der Waals surface area contributed by atoms with Gasteiger partial charge in [-0.1, -0.05) is 0 Å². The molecule has 2 N–H and O–H groups in total. The number of nitrogens with two attached hydrogens (primary N) is 1. The van der Waals surface area contributed by atoms with E-state index in [0.29, 0.717) is 5.69 Å². The zero-order valence-electron chi connectivity index (χ0n) is 8.90. The standard InChI is InChI=1S/C8H12N2O5S2/c1-2-10(16(11)12)7-3-5-8(6-4-7)17(13,14)15-9/h3-6H,2,9H2,1H3,(H,11,12)/p-1. The van der Waals surface area contributed by atoms with Crippen molar-refractivity contribution in [3.63, 3.8) is 0 Å². The molecule has 0 fully saturated rings. The van der Waals surface area contributed by atoms with E-state index in [9.17, 15) is 17.2 Å². The molecular formula is C8H11N2O5S2-. The molecule has 0 aliphatic heterocycles. The Morgan fingerprint density at radius 2 is 1.94 bits per heavy atom. The second kappa shape index (κ2) is 5.56. The van der Waals surface area contributed by atoms with Gasteiger partial charge >= 0.3 is 10.1 Å². The highest BCUT2D eigenvalue weighted by Crippen LogP contribution is 2.19. The van der Waals surface area contributed by atoms with E-state index in [2.05, 4.69) is 10.2 Å². The molecule has 9 heteroatoms. The lowest BCUT2D eigenvalue weighted by atomic mass is 10.3. The van der Waals surface area contributed by atoms with E-state index in [1.807, 2.05) is 0 Å². The summed E-state index contributed by atoms with van der Waals surface area (Å²) in [5.41, 5.74) is 0.358. The van der Waals surface area contributed by atoms with Crippen LogP contribution in [0, 0.1) is 0 Å². The van der Waals surface area contributed by atoms with Crippen molar-refractivity contribution in [3.05, 3.63) is 24.3 Å². The van der Waals surface area contributed by atoms with Crippen molar-refractivity contribution < 1.29 is 21.5 Å². The number of hydrogen-bond donors (Lipinski definition) is 1. The van der Waals surface area contributed by atoms with Crippen LogP contribution in [0.1, 0.15) is 6.92 Å². The summed E-state index contributed by atoms with van der Waals surface area (Å²) in [5, 5.41) is 0. The van der Waals surface area contributed by atoms with Crippen LogP contribution in [-0.2, 0) is 25.7 Å². The fourth-order valence-corrected chi connectivity index (χ4v) is 2.29. The molecular weight excluding hydrogens is 268 g/mol. The Morgan fingerprint density at radius 1 is 1.41 bits per heavy atom. The average molecular weight is 279 g/mol. The van der Waals surface area contributed by atoms with E-state index in [1.54, 1.807) is 6.92 Å². The largest absolute Gasteiger partial charge is 0.755 e.